The van der Waals surface area contributed by atoms with E-state index in [-0.39, 0.29) is 18.3 Å². The Morgan fingerprint density at radius 1 is 1.21 bits per heavy atom. The van der Waals surface area contributed by atoms with Gasteiger partial charge in [0.25, 0.3) is 0 Å². The first-order valence-electron chi connectivity index (χ1n) is 6.12. The second kappa shape index (κ2) is 8.13. The number of ether oxygens (including phenoxy) is 2. The largest absolute Gasteiger partial charge is 0.497 e. The Kier molecular flexibility index (Phi) is 6.43. The van der Waals surface area contributed by atoms with Gasteiger partial charge in [-0.05, 0) is 24.1 Å². The van der Waals surface area contributed by atoms with E-state index in [0.29, 0.717) is 19.4 Å². The fourth-order valence-corrected chi connectivity index (χ4v) is 1.58. The molecular weight excluding hydrogens is 246 g/mol. The number of hydrogen-bond donors (Lipinski definition) is 1. The first-order valence-corrected chi connectivity index (χ1v) is 6.12. The maximum absolute atomic E-state index is 11.5. The third kappa shape index (κ3) is 5.90. The second-order valence-electron chi connectivity index (χ2n) is 4.03. The number of carbonyl (C=O) groups excluding carboxylic acids is 2. The number of carbonyl (C=O) groups is 2. The van der Waals surface area contributed by atoms with Gasteiger partial charge in [0.1, 0.15) is 5.75 Å². The molecule has 0 saturated heterocycles. The van der Waals surface area contributed by atoms with Crippen LogP contribution in [0.4, 0.5) is 0 Å². The zero-order valence-corrected chi connectivity index (χ0v) is 11.3. The Hall–Kier alpha value is -2.04. The van der Waals surface area contributed by atoms with Crippen molar-refractivity contribution in [2.75, 3.05) is 20.8 Å². The lowest BCUT2D eigenvalue weighted by Crippen LogP contribution is -2.26. The molecule has 5 heteroatoms. The molecule has 0 heterocycles. The molecule has 1 aromatic rings. The van der Waals surface area contributed by atoms with E-state index < -0.39 is 0 Å². The molecule has 1 amide bonds. The van der Waals surface area contributed by atoms with Crippen molar-refractivity contribution in [2.24, 2.45) is 0 Å². The Labute approximate surface area is 112 Å². The summed E-state index contributed by atoms with van der Waals surface area (Å²) in [5, 5.41) is 2.68. The van der Waals surface area contributed by atoms with Crippen molar-refractivity contribution in [1.82, 2.24) is 5.32 Å². The Bertz CT molecular complexity index is 431. The van der Waals surface area contributed by atoms with Crippen LogP contribution in [0, 0.1) is 0 Å². The van der Waals surface area contributed by atoms with E-state index in [4.69, 9.17) is 4.74 Å². The summed E-state index contributed by atoms with van der Waals surface area (Å²) in [7, 11) is 2.94. The fraction of sp³-hybridized carbons (Fsp3) is 0.429. The van der Waals surface area contributed by atoms with Crippen LogP contribution >= 0.6 is 0 Å². The summed E-state index contributed by atoms with van der Waals surface area (Å²) < 4.78 is 9.60. The number of amides is 1. The summed E-state index contributed by atoms with van der Waals surface area (Å²) in [5.74, 6) is 0.378. The third-order valence-corrected chi connectivity index (χ3v) is 2.65. The average molecular weight is 265 g/mol. The van der Waals surface area contributed by atoms with Gasteiger partial charge >= 0.3 is 5.97 Å². The van der Waals surface area contributed by atoms with Crippen molar-refractivity contribution >= 4 is 11.9 Å². The molecule has 5 nitrogen and oxygen atoms in total. The zero-order chi connectivity index (χ0) is 14.1. The predicted molar refractivity (Wildman–Crippen MR) is 71.0 cm³/mol. The van der Waals surface area contributed by atoms with Crippen LogP contribution in [-0.4, -0.2) is 32.6 Å². The van der Waals surface area contributed by atoms with Gasteiger partial charge in [-0.1, -0.05) is 12.1 Å². The van der Waals surface area contributed by atoms with Crippen LogP contribution in [0.1, 0.15) is 18.4 Å². The lowest BCUT2D eigenvalue weighted by Gasteiger charge is -2.06. The van der Waals surface area contributed by atoms with E-state index in [1.807, 2.05) is 24.3 Å². The first kappa shape index (κ1) is 15.0. The van der Waals surface area contributed by atoms with Gasteiger partial charge in [-0.3, -0.25) is 9.59 Å². The van der Waals surface area contributed by atoms with Crippen molar-refractivity contribution < 1.29 is 19.1 Å². The van der Waals surface area contributed by atoms with E-state index in [0.717, 1.165) is 11.3 Å². The molecule has 19 heavy (non-hydrogen) atoms. The molecule has 0 aliphatic rings. The molecular formula is C14H19NO4. The van der Waals surface area contributed by atoms with E-state index in [2.05, 4.69) is 10.1 Å². The Morgan fingerprint density at radius 2 is 2.00 bits per heavy atom. The minimum Gasteiger partial charge on any atom is -0.497 e. The van der Waals surface area contributed by atoms with Crippen LogP contribution in [-0.2, 0) is 20.7 Å². The molecule has 0 spiro atoms. The molecule has 1 aromatic carbocycles. The fourth-order valence-electron chi connectivity index (χ4n) is 1.58. The topological polar surface area (TPSA) is 64.6 Å². The number of aryl methyl sites for hydroxylation is 1. The lowest BCUT2D eigenvalue weighted by molar-refractivity contribution is -0.140. The monoisotopic (exact) mass is 265 g/mol. The highest BCUT2D eigenvalue weighted by atomic mass is 16.5. The van der Waals surface area contributed by atoms with Crippen LogP contribution in [0.2, 0.25) is 0 Å². The van der Waals surface area contributed by atoms with Crippen molar-refractivity contribution in [3.63, 3.8) is 0 Å². The maximum Gasteiger partial charge on any atom is 0.307 e. The molecule has 1 rings (SSSR count). The van der Waals surface area contributed by atoms with Crippen LogP contribution in [0.25, 0.3) is 0 Å². The summed E-state index contributed by atoms with van der Waals surface area (Å²) in [5.41, 5.74) is 1.04. The normalized spacial score (nSPS) is 9.79. The summed E-state index contributed by atoms with van der Waals surface area (Å²) in [6.45, 7) is 0.309. The van der Waals surface area contributed by atoms with Gasteiger partial charge in [0.15, 0.2) is 0 Å². The summed E-state index contributed by atoms with van der Waals surface area (Å²) in [4.78, 5) is 22.4. The van der Waals surface area contributed by atoms with Gasteiger partial charge in [0.05, 0.1) is 20.6 Å². The van der Waals surface area contributed by atoms with Gasteiger partial charge in [-0.2, -0.15) is 0 Å². The molecule has 0 aliphatic carbocycles. The van der Waals surface area contributed by atoms with Gasteiger partial charge < -0.3 is 14.8 Å². The number of nitrogens with one attached hydrogen (secondary N) is 1. The van der Waals surface area contributed by atoms with Crippen LogP contribution < -0.4 is 10.1 Å². The van der Waals surface area contributed by atoms with E-state index in [1.165, 1.54) is 7.11 Å². The highest BCUT2D eigenvalue weighted by Crippen LogP contribution is 2.13. The smallest absolute Gasteiger partial charge is 0.307 e. The number of hydrogen-bond acceptors (Lipinski definition) is 4. The minimum atomic E-state index is -0.326. The van der Waals surface area contributed by atoms with Crippen molar-refractivity contribution in [2.45, 2.75) is 19.3 Å². The van der Waals surface area contributed by atoms with Gasteiger partial charge in [-0.15, -0.1) is 0 Å². The summed E-state index contributed by atoms with van der Waals surface area (Å²) >= 11 is 0. The predicted octanol–water partition coefficient (Wildman–Crippen LogP) is 1.31. The minimum absolute atomic E-state index is 0.0771. The van der Waals surface area contributed by atoms with Crippen LogP contribution in [0.3, 0.4) is 0 Å². The summed E-state index contributed by atoms with van der Waals surface area (Å²) in [6, 6.07) is 7.61. The van der Waals surface area contributed by atoms with E-state index in [9.17, 15) is 9.59 Å². The first-order chi connectivity index (χ1) is 9.15. The Balaban J connectivity index is 2.27. The molecule has 0 radical (unpaired) electrons. The number of rotatable bonds is 7. The van der Waals surface area contributed by atoms with Gasteiger partial charge in [-0.25, -0.2) is 0 Å². The highest BCUT2D eigenvalue weighted by molar-refractivity contribution is 5.77. The highest BCUT2D eigenvalue weighted by Gasteiger charge is 2.05. The standard InChI is InChI=1S/C14H19NO4/c1-18-12-5-3-4-11(10-12)6-7-13(16)15-9-8-14(17)19-2/h3-5,10H,6-9H2,1-2H3,(H,15,16). The van der Waals surface area contributed by atoms with E-state index in [1.54, 1.807) is 7.11 Å². The van der Waals surface area contributed by atoms with E-state index >= 15 is 0 Å². The van der Waals surface area contributed by atoms with Crippen LogP contribution in [0.5, 0.6) is 5.75 Å². The lowest BCUT2D eigenvalue weighted by atomic mass is 10.1. The van der Waals surface area contributed by atoms with Gasteiger partial charge in [0.2, 0.25) is 5.91 Å². The average Bonchev–Trinajstić information content (AvgIpc) is 2.45. The Morgan fingerprint density at radius 3 is 2.68 bits per heavy atom. The van der Waals surface area contributed by atoms with Crippen molar-refractivity contribution in [3.8, 4) is 5.75 Å². The SMILES string of the molecule is COC(=O)CCNC(=O)CCc1cccc(OC)c1. The molecule has 0 bridgehead atoms. The molecule has 0 unspecified atom stereocenters. The second-order valence-corrected chi connectivity index (χ2v) is 4.03. The van der Waals surface area contributed by atoms with Crippen molar-refractivity contribution in [1.29, 1.82) is 0 Å². The molecule has 0 aliphatic heterocycles. The molecule has 0 saturated carbocycles. The molecule has 0 fully saturated rings. The van der Waals surface area contributed by atoms with Gasteiger partial charge in [0, 0.05) is 13.0 Å². The quantitative estimate of drug-likeness (QED) is 0.755. The maximum atomic E-state index is 11.5. The molecule has 1 N–H and O–H groups in total. The molecule has 0 atom stereocenters. The molecule has 104 valence electrons. The number of esters is 1. The van der Waals surface area contributed by atoms with Crippen molar-refractivity contribution in [3.05, 3.63) is 29.8 Å². The number of benzene rings is 1. The molecule has 0 aromatic heterocycles. The van der Waals surface area contributed by atoms with Crippen LogP contribution in [0.15, 0.2) is 24.3 Å². The third-order valence-electron chi connectivity index (χ3n) is 2.65. The number of methoxy groups -OCH3 is 2. The zero-order valence-electron chi connectivity index (χ0n) is 11.3. The summed E-state index contributed by atoms with van der Waals surface area (Å²) in [6.07, 6.45) is 1.22.